The van der Waals surface area contributed by atoms with Crippen molar-refractivity contribution in [3.05, 3.63) is 35.9 Å². The van der Waals surface area contributed by atoms with Crippen LogP contribution >= 0.6 is 0 Å². The van der Waals surface area contributed by atoms with E-state index in [2.05, 4.69) is 5.32 Å². The fourth-order valence-electron chi connectivity index (χ4n) is 4.55. The number of carbonyl (C=O) groups is 3. The highest BCUT2D eigenvalue weighted by molar-refractivity contribution is 5.93. The molecule has 2 fully saturated rings. The lowest BCUT2D eigenvalue weighted by atomic mass is 9.77. The molecule has 5 nitrogen and oxygen atoms in total. The summed E-state index contributed by atoms with van der Waals surface area (Å²) in [7, 11) is 0. The van der Waals surface area contributed by atoms with Crippen LogP contribution < -0.4 is 5.32 Å². The fraction of sp³-hybridized carbons (Fsp3) is 0.571. The van der Waals surface area contributed by atoms with Gasteiger partial charge in [-0.05, 0) is 43.6 Å². The van der Waals surface area contributed by atoms with Crippen LogP contribution in [0.1, 0.15) is 50.5 Å². The van der Waals surface area contributed by atoms with Crippen molar-refractivity contribution in [3.63, 3.8) is 0 Å². The van der Waals surface area contributed by atoms with Gasteiger partial charge in [0.15, 0.2) is 5.78 Å². The van der Waals surface area contributed by atoms with Gasteiger partial charge in [0.1, 0.15) is 0 Å². The van der Waals surface area contributed by atoms with Gasteiger partial charge in [-0.15, -0.1) is 0 Å². The Hall–Kier alpha value is -2.17. The highest BCUT2D eigenvalue weighted by Crippen LogP contribution is 2.42. The molecule has 0 heterocycles. The van der Waals surface area contributed by atoms with Crippen molar-refractivity contribution in [2.45, 2.75) is 57.4 Å². The second-order valence-electron chi connectivity index (χ2n) is 7.60. The standard InChI is InChI=1S/C21H27NO4/c23-18(13-10-14-6-2-1-3-7-14)22-17-9-5-4-8-15-11-12-16(21(25)26)19(15)20(17)24/h1-3,6-7,15-17,19H,4-5,8-13H2,(H,22,23)(H,25,26). The number of fused-ring (bicyclic) bond motifs is 1. The van der Waals surface area contributed by atoms with E-state index in [0.717, 1.165) is 31.2 Å². The molecule has 1 aromatic rings. The fourth-order valence-corrected chi connectivity index (χ4v) is 4.55. The third kappa shape index (κ3) is 4.32. The summed E-state index contributed by atoms with van der Waals surface area (Å²) in [5, 5.41) is 12.4. The average Bonchev–Trinajstić information content (AvgIpc) is 3.05. The Morgan fingerprint density at radius 1 is 1.04 bits per heavy atom. The van der Waals surface area contributed by atoms with Crippen molar-refractivity contribution in [3.8, 4) is 0 Å². The molecule has 0 bridgehead atoms. The van der Waals surface area contributed by atoms with E-state index in [4.69, 9.17) is 0 Å². The molecule has 1 amide bonds. The van der Waals surface area contributed by atoms with Gasteiger partial charge in [-0.1, -0.05) is 43.2 Å². The topological polar surface area (TPSA) is 83.5 Å². The summed E-state index contributed by atoms with van der Waals surface area (Å²) in [5.74, 6) is -1.93. The first-order chi connectivity index (χ1) is 12.6. The molecule has 2 aliphatic rings. The van der Waals surface area contributed by atoms with Crippen LogP contribution in [0.2, 0.25) is 0 Å². The number of hydrogen-bond donors (Lipinski definition) is 2. The maximum Gasteiger partial charge on any atom is 0.307 e. The summed E-state index contributed by atoms with van der Waals surface area (Å²) in [4.78, 5) is 36.9. The number of carbonyl (C=O) groups excluding carboxylic acids is 2. The number of hydrogen-bond acceptors (Lipinski definition) is 3. The summed E-state index contributed by atoms with van der Waals surface area (Å²) in [6.45, 7) is 0. The molecule has 5 heteroatoms. The molecule has 0 aliphatic heterocycles. The number of carboxylic acid groups (broad SMARTS) is 1. The Kier molecular flexibility index (Phi) is 6.07. The van der Waals surface area contributed by atoms with Crippen LogP contribution in [0.4, 0.5) is 0 Å². The number of amides is 1. The van der Waals surface area contributed by atoms with Gasteiger partial charge >= 0.3 is 5.97 Å². The van der Waals surface area contributed by atoms with Gasteiger partial charge in [0.05, 0.1) is 12.0 Å². The smallest absolute Gasteiger partial charge is 0.307 e. The molecule has 26 heavy (non-hydrogen) atoms. The van der Waals surface area contributed by atoms with Crippen molar-refractivity contribution in [2.75, 3.05) is 0 Å². The molecule has 4 atom stereocenters. The zero-order valence-electron chi connectivity index (χ0n) is 15.0. The van der Waals surface area contributed by atoms with Crippen LogP contribution in [0.5, 0.6) is 0 Å². The number of aryl methyl sites for hydroxylation is 1. The Bertz CT molecular complexity index is 657. The Morgan fingerprint density at radius 3 is 2.50 bits per heavy atom. The highest BCUT2D eigenvalue weighted by atomic mass is 16.4. The predicted octanol–water partition coefficient (Wildman–Crippen LogP) is 2.97. The molecule has 0 radical (unpaired) electrons. The summed E-state index contributed by atoms with van der Waals surface area (Å²) in [6.07, 6.45) is 5.79. The zero-order valence-corrected chi connectivity index (χ0v) is 15.0. The normalized spacial score (nSPS) is 28.7. The number of benzene rings is 1. The Morgan fingerprint density at radius 2 is 1.77 bits per heavy atom. The maximum absolute atomic E-state index is 13.0. The van der Waals surface area contributed by atoms with E-state index in [1.165, 1.54) is 0 Å². The van der Waals surface area contributed by atoms with Gasteiger partial charge in [-0.3, -0.25) is 14.4 Å². The zero-order chi connectivity index (χ0) is 18.5. The van der Waals surface area contributed by atoms with Crippen molar-refractivity contribution >= 4 is 17.7 Å². The first-order valence-electron chi connectivity index (χ1n) is 9.66. The molecule has 2 saturated carbocycles. The van der Waals surface area contributed by atoms with Crippen LogP contribution in [-0.4, -0.2) is 28.8 Å². The molecular weight excluding hydrogens is 330 g/mol. The van der Waals surface area contributed by atoms with Crippen LogP contribution in [-0.2, 0) is 20.8 Å². The predicted molar refractivity (Wildman–Crippen MR) is 97.5 cm³/mol. The van der Waals surface area contributed by atoms with E-state index in [0.29, 0.717) is 25.7 Å². The van der Waals surface area contributed by atoms with Gasteiger partial charge < -0.3 is 10.4 Å². The molecule has 4 unspecified atom stereocenters. The van der Waals surface area contributed by atoms with Crippen molar-refractivity contribution in [1.29, 1.82) is 0 Å². The maximum atomic E-state index is 13.0. The lowest BCUT2D eigenvalue weighted by Crippen LogP contribution is -2.47. The second-order valence-corrected chi connectivity index (χ2v) is 7.60. The second kappa shape index (κ2) is 8.47. The van der Waals surface area contributed by atoms with E-state index < -0.39 is 23.8 Å². The van der Waals surface area contributed by atoms with Crippen molar-refractivity contribution < 1.29 is 19.5 Å². The molecule has 140 valence electrons. The third-order valence-corrected chi connectivity index (χ3v) is 5.92. The number of carboxylic acids is 1. The molecule has 0 aromatic heterocycles. The van der Waals surface area contributed by atoms with E-state index in [9.17, 15) is 19.5 Å². The van der Waals surface area contributed by atoms with Crippen LogP contribution in [0.3, 0.4) is 0 Å². The van der Waals surface area contributed by atoms with Gasteiger partial charge in [0, 0.05) is 12.3 Å². The van der Waals surface area contributed by atoms with E-state index >= 15 is 0 Å². The van der Waals surface area contributed by atoms with Crippen molar-refractivity contribution in [2.24, 2.45) is 17.8 Å². The number of ketones is 1. The molecule has 2 aliphatic carbocycles. The Balaban J connectivity index is 1.63. The van der Waals surface area contributed by atoms with Gasteiger partial charge in [0.25, 0.3) is 0 Å². The number of nitrogens with one attached hydrogen (secondary N) is 1. The minimum Gasteiger partial charge on any atom is -0.481 e. The first kappa shape index (κ1) is 18.6. The monoisotopic (exact) mass is 357 g/mol. The molecular formula is C21H27NO4. The SMILES string of the molecule is O=C(CCc1ccccc1)NC1CCCCC2CCC(C(=O)O)C2C1=O. The van der Waals surface area contributed by atoms with Crippen LogP contribution in [0.25, 0.3) is 0 Å². The summed E-state index contributed by atoms with van der Waals surface area (Å²) >= 11 is 0. The minimum atomic E-state index is -0.874. The van der Waals surface area contributed by atoms with E-state index in [-0.39, 0.29) is 17.6 Å². The van der Waals surface area contributed by atoms with Gasteiger partial charge in [-0.25, -0.2) is 0 Å². The van der Waals surface area contributed by atoms with Crippen LogP contribution in [0.15, 0.2) is 30.3 Å². The quantitative estimate of drug-likeness (QED) is 0.849. The minimum absolute atomic E-state index is 0.0624. The summed E-state index contributed by atoms with van der Waals surface area (Å²) < 4.78 is 0. The largest absolute Gasteiger partial charge is 0.481 e. The third-order valence-electron chi connectivity index (χ3n) is 5.92. The van der Waals surface area contributed by atoms with E-state index in [1.807, 2.05) is 30.3 Å². The number of Topliss-reactive ketones (excluding diaryl/α,β-unsaturated/α-hetero) is 1. The highest BCUT2D eigenvalue weighted by Gasteiger charge is 2.46. The average molecular weight is 357 g/mol. The molecule has 0 saturated heterocycles. The first-order valence-corrected chi connectivity index (χ1v) is 9.66. The summed E-state index contributed by atoms with van der Waals surface area (Å²) in [6, 6.07) is 9.25. The molecule has 2 N–H and O–H groups in total. The Labute approximate surface area is 154 Å². The molecule has 0 spiro atoms. The molecule has 3 rings (SSSR count). The van der Waals surface area contributed by atoms with Crippen molar-refractivity contribution in [1.82, 2.24) is 5.32 Å². The van der Waals surface area contributed by atoms with Crippen LogP contribution in [0, 0.1) is 17.8 Å². The lowest BCUT2D eigenvalue weighted by Gasteiger charge is -2.29. The number of rotatable bonds is 5. The van der Waals surface area contributed by atoms with Gasteiger partial charge in [0.2, 0.25) is 5.91 Å². The van der Waals surface area contributed by atoms with Gasteiger partial charge in [-0.2, -0.15) is 0 Å². The summed E-state index contributed by atoms with van der Waals surface area (Å²) in [5.41, 5.74) is 1.09. The lowest BCUT2D eigenvalue weighted by molar-refractivity contribution is -0.147. The molecule has 1 aromatic carbocycles. The van der Waals surface area contributed by atoms with E-state index in [1.54, 1.807) is 0 Å². The number of aliphatic carboxylic acids is 1.